The van der Waals surface area contributed by atoms with E-state index in [-0.39, 0.29) is 13.3 Å². The fourth-order valence-electron chi connectivity index (χ4n) is 2.77. The Bertz CT molecular complexity index is 1140. The molecule has 5 rings (SSSR count). The van der Waals surface area contributed by atoms with Crippen molar-refractivity contribution in [2.24, 2.45) is 0 Å². The number of aromatic nitrogens is 3. The number of benzene rings is 2. The third-order valence-corrected chi connectivity index (χ3v) is 3.96. The van der Waals surface area contributed by atoms with Gasteiger partial charge in [-0.15, -0.1) is 0 Å². The van der Waals surface area contributed by atoms with Crippen molar-refractivity contribution in [1.82, 2.24) is 14.7 Å². The van der Waals surface area contributed by atoms with Gasteiger partial charge in [0.1, 0.15) is 0 Å². The van der Waals surface area contributed by atoms with Crippen molar-refractivity contribution in [2.45, 2.75) is 6.54 Å². The molecule has 1 aliphatic rings. The maximum atomic E-state index is 12.0. The number of hydrogen-bond acceptors (Lipinski definition) is 7. The first-order valence-electron chi connectivity index (χ1n) is 7.59. The summed E-state index contributed by atoms with van der Waals surface area (Å²) in [5.74, 6) is 1.57. The summed E-state index contributed by atoms with van der Waals surface area (Å²) in [6.07, 6.45) is 0. The van der Waals surface area contributed by atoms with Crippen LogP contribution in [0.5, 0.6) is 11.5 Å². The minimum atomic E-state index is -0.462. The van der Waals surface area contributed by atoms with Crippen LogP contribution in [0.4, 0.5) is 0 Å². The van der Waals surface area contributed by atoms with Crippen LogP contribution in [0, 0.1) is 0 Å². The molecule has 0 atom stereocenters. The molecule has 0 fully saturated rings. The van der Waals surface area contributed by atoms with Crippen molar-refractivity contribution >= 4 is 11.1 Å². The molecule has 1 aliphatic heterocycles. The second-order valence-corrected chi connectivity index (χ2v) is 5.51. The van der Waals surface area contributed by atoms with Crippen LogP contribution in [-0.2, 0) is 6.54 Å². The number of fused-ring (bicyclic) bond motifs is 2. The van der Waals surface area contributed by atoms with E-state index < -0.39 is 5.76 Å². The number of oxazole rings is 1. The van der Waals surface area contributed by atoms with E-state index in [1.54, 1.807) is 24.3 Å². The fourth-order valence-corrected chi connectivity index (χ4v) is 2.77. The summed E-state index contributed by atoms with van der Waals surface area (Å²) in [5.41, 5.74) is 1.92. The Kier molecular flexibility index (Phi) is 2.90. The molecule has 0 unspecified atom stereocenters. The number of rotatable bonds is 3. The zero-order chi connectivity index (χ0) is 16.8. The van der Waals surface area contributed by atoms with Gasteiger partial charge in [-0.05, 0) is 30.3 Å². The van der Waals surface area contributed by atoms with Crippen molar-refractivity contribution in [3.05, 3.63) is 58.8 Å². The summed E-state index contributed by atoms with van der Waals surface area (Å²) >= 11 is 0. The van der Waals surface area contributed by atoms with Gasteiger partial charge in [0.25, 0.3) is 5.89 Å². The molecule has 0 aliphatic carbocycles. The molecule has 25 heavy (non-hydrogen) atoms. The van der Waals surface area contributed by atoms with Crippen LogP contribution in [0.1, 0.15) is 5.82 Å². The average Bonchev–Trinajstić information content (AvgIpc) is 3.34. The summed E-state index contributed by atoms with van der Waals surface area (Å²) in [6, 6.07) is 12.6. The summed E-state index contributed by atoms with van der Waals surface area (Å²) < 4.78 is 22.6. The first-order chi connectivity index (χ1) is 12.3. The third-order valence-electron chi connectivity index (χ3n) is 3.96. The van der Waals surface area contributed by atoms with Gasteiger partial charge in [-0.3, -0.25) is 4.57 Å². The monoisotopic (exact) mass is 337 g/mol. The third kappa shape index (κ3) is 2.26. The first-order valence-corrected chi connectivity index (χ1v) is 7.59. The molecule has 0 radical (unpaired) electrons. The Morgan fingerprint density at radius 2 is 1.96 bits per heavy atom. The van der Waals surface area contributed by atoms with Gasteiger partial charge in [-0.2, -0.15) is 4.98 Å². The molecular weight excluding hydrogens is 326 g/mol. The van der Waals surface area contributed by atoms with E-state index in [0.29, 0.717) is 39.9 Å². The van der Waals surface area contributed by atoms with E-state index in [2.05, 4.69) is 10.1 Å². The summed E-state index contributed by atoms with van der Waals surface area (Å²) in [6.45, 7) is 0.355. The van der Waals surface area contributed by atoms with Crippen LogP contribution < -0.4 is 15.2 Å². The molecular formula is C17H11N3O5. The van der Waals surface area contributed by atoms with E-state index in [1.807, 2.05) is 18.2 Å². The average molecular weight is 337 g/mol. The molecule has 4 aromatic rings. The second kappa shape index (κ2) is 5.23. The molecule has 0 bridgehead atoms. The molecule has 8 nitrogen and oxygen atoms in total. The Morgan fingerprint density at radius 1 is 1.08 bits per heavy atom. The lowest BCUT2D eigenvalue weighted by molar-refractivity contribution is 0.174. The van der Waals surface area contributed by atoms with Crippen LogP contribution in [0.25, 0.3) is 22.6 Å². The van der Waals surface area contributed by atoms with E-state index >= 15 is 0 Å². The predicted molar refractivity (Wildman–Crippen MR) is 85.4 cm³/mol. The van der Waals surface area contributed by atoms with Crippen LogP contribution >= 0.6 is 0 Å². The number of hydrogen-bond donors (Lipinski definition) is 0. The van der Waals surface area contributed by atoms with Crippen molar-refractivity contribution in [3.63, 3.8) is 0 Å². The molecule has 0 N–H and O–H groups in total. The maximum Gasteiger partial charge on any atom is 0.420 e. The van der Waals surface area contributed by atoms with Gasteiger partial charge in [0, 0.05) is 5.56 Å². The normalized spacial score (nSPS) is 12.8. The minimum Gasteiger partial charge on any atom is -0.454 e. The van der Waals surface area contributed by atoms with Gasteiger partial charge in [0.05, 0.1) is 12.1 Å². The van der Waals surface area contributed by atoms with E-state index in [4.69, 9.17) is 18.4 Å². The fraction of sp³-hybridized carbons (Fsp3) is 0.118. The molecule has 0 amide bonds. The Balaban J connectivity index is 1.48. The second-order valence-electron chi connectivity index (χ2n) is 5.51. The van der Waals surface area contributed by atoms with Crippen molar-refractivity contribution < 1.29 is 18.4 Å². The van der Waals surface area contributed by atoms with Gasteiger partial charge in [0.15, 0.2) is 22.9 Å². The number of para-hydroxylation sites is 2. The lowest BCUT2D eigenvalue weighted by Gasteiger charge is -1.98. The van der Waals surface area contributed by atoms with Gasteiger partial charge in [-0.1, -0.05) is 17.3 Å². The maximum absolute atomic E-state index is 12.0. The quantitative estimate of drug-likeness (QED) is 0.567. The molecule has 3 heterocycles. The summed E-state index contributed by atoms with van der Waals surface area (Å²) in [5, 5.41) is 3.95. The largest absolute Gasteiger partial charge is 0.454 e. The molecule has 0 spiro atoms. The molecule has 2 aromatic carbocycles. The topological polar surface area (TPSA) is 92.5 Å². The summed E-state index contributed by atoms with van der Waals surface area (Å²) in [4.78, 5) is 16.4. The Morgan fingerprint density at radius 3 is 2.92 bits per heavy atom. The summed E-state index contributed by atoms with van der Waals surface area (Å²) in [7, 11) is 0. The first kappa shape index (κ1) is 13.8. The van der Waals surface area contributed by atoms with Gasteiger partial charge in [-0.25, -0.2) is 4.79 Å². The molecule has 0 saturated heterocycles. The van der Waals surface area contributed by atoms with Crippen LogP contribution in [0.2, 0.25) is 0 Å². The molecule has 2 aromatic heterocycles. The molecule has 124 valence electrons. The zero-order valence-corrected chi connectivity index (χ0v) is 12.8. The van der Waals surface area contributed by atoms with Gasteiger partial charge in [0.2, 0.25) is 6.79 Å². The van der Waals surface area contributed by atoms with E-state index in [0.717, 1.165) is 0 Å². The highest BCUT2D eigenvalue weighted by Gasteiger charge is 2.18. The Labute approximate surface area is 140 Å². The minimum absolute atomic E-state index is 0.157. The van der Waals surface area contributed by atoms with E-state index in [1.165, 1.54) is 4.57 Å². The zero-order valence-electron chi connectivity index (χ0n) is 12.8. The smallest absolute Gasteiger partial charge is 0.420 e. The highest BCUT2D eigenvalue weighted by Crippen LogP contribution is 2.35. The lowest BCUT2D eigenvalue weighted by Crippen LogP contribution is -2.15. The lowest BCUT2D eigenvalue weighted by atomic mass is 10.2. The highest BCUT2D eigenvalue weighted by atomic mass is 16.7. The van der Waals surface area contributed by atoms with Crippen molar-refractivity contribution in [2.75, 3.05) is 6.79 Å². The number of ether oxygens (including phenoxy) is 2. The molecule has 8 heteroatoms. The number of nitrogens with zero attached hydrogens (tertiary/aromatic N) is 3. The van der Waals surface area contributed by atoms with Crippen LogP contribution in [0.15, 0.2) is 56.2 Å². The van der Waals surface area contributed by atoms with Gasteiger partial charge >= 0.3 is 5.76 Å². The predicted octanol–water partition coefficient (Wildman–Crippen LogP) is 2.42. The molecule has 0 saturated carbocycles. The van der Waals surface area contributed by atoms with Crippen molar-refractivity contribution in [1.29, 1.82) is 0 Å². The highest BCUT2D eigenvalue weighted by molar-refractivity contribution is 5.72. The van der Waals surface area contributed by atoms with Crippen LogP contribution in [0.3, 0.4) is 0 Å². The van der Waals surface area contributed by atoms with E-state index in [9.17, 15) is 4.79 Å². The SMILES string of the molecule is O=c1oc2ccccc2n1Cc1noc(-c2ccc3c(c2)OCO3)n1. The Hall–Kier alpha value is -3.55. The van der Waals surface area contributed by atoms with Gasteiger partial charge < -0.3 is 18.4 Å². The van der Waals surface area contributed by atoms with Crippen LogP contribution in [-0.4, -0.2) is 21.5 Å². The van der Waals surface area contributed by atoms with Crippen molar-refractivity contribution in [3.8, 4) is 23.0 Å². The standard InChI is InChI=1S/C17H11N3O5/c21-17-20(11-3-1-2-4-12(11)24-17)8-15-18-16(25-19-15)10-5-6-13-14(7-10)23-9-22-13/h1-7H,8-9H2.